The topological polar surface area (TPSA) is 70.7 Å². The summed E-state index contributed by atoms with van der Waals surface area (Å²) in [5.41, 5.74) is 3.43. The van der Waals surface area contributed by atoms with E-state index < -0.39 is 0 Å². The highest BCUT2D eigenvalue weighted by Gasteiger charge is 2.24. The first-order valence-corrected chi connectivity index (χ1v) is 9.58. The number of rotatable bonds is 3. The minimum Gasteiger partial charge on any atom is -0.454 e. The van der Waals surface area contributed by atoms with Crippen LogP contribution in [0.3, 0.4) is 0 Å². The van der Waals surface area contributed by atoms with Gasteiger partial charge in [-0.15, -0.1) is 0 Å². The predicted molar refractivity (Wildman–Crippen MR) is 105 cm³/mol. The summed E-state index contributed by atoms with van der Waals surface area (Å²) in [5.74, 6) is 1.48. The van der Waals surface area contributed by atoms with E-state index in [1.54, 1.807) is 6.33 Å². The van der Waals surface area contributed by atoms with Crippen LogP contribution in [0, 0.1) is 0 Å². The quantitative estimate of drug-likeness (QED) is 0.734. The van der Waals surface area contributed by atoms with Crippen molar-refractivity contribution in [2.45, 2.75) is 6.54 Å². The highest BCUT2D eigenvalue weighted by atomic mass is 35.5. The fourth-order valence-electron chi connectivity index (χ4n) is 3.68. The number of aromatic nitrogens is 2. The van der Waals surface area contributed by atoms with E-state index in [0.717, 1.165) is 42.0 Å². The second-order valence-electron chi connectivity index (χ2n) is 7.00. The van der Waals surface area contributed by atoms with Gasteiger partial charge in [-0.2, -0.15) is 0 Å². The van der Waals surface area contributed by atoms with Crippen LogP contribution in [0.4, 0.5) is 0 Å². The normalized spacial score (nSPS) is 16.7. The van der Waals surface area contributed by atoms with E-state index in [4.69, 9.17) is 21.1 Å². The number of aromatic amines is 1. The molecule has 2 aromatic carbocycles. The molecule has 1 aromatic heterocycles. The van der Waals surface area contributed by atoms with Crippen LogP contribution in [0.2, 0.25) is 5.02 Å². The smallest absolute Gasteiger partial charge is 0.254 e. The number of fused-ring (bicyclic) bond motifs is 2. The van der Waals surface area contributed by atoms with Crippen LogP contribution >= 0.6 is 11.6 Å². The molecule has 8 heteroatoms. The van der Waals surface area contributed by atoms with E-state index in [9.17, 15) is 4.79 Å². The van der Waals surface area contributed by atoms with Gasteiger partial charge in [0, 0.05) is 49.4 Å². The van der Waals surface area contributed by atoms with Gasteiger partial charge in [-0.3, -0.25) is 9.69 Å². The molecule has 0 saturated carbocycles. The lowest BCUT2D eigenvalue weighted by Gasteiger charge is -2.35. The summed E-state index contributed by atoms with van der Waals surface area (Å²) in [6.07, 6.45) is 1.64. The lowest BCUT2D eigenvalue weighted by atomic mass is 10.1. The number of nitrogens with one attached hydrogen (secondary N) is 1. The van der Waals surface area contributed by atoms with Crippen molar-refractivity contribution < 1.29 is 14.3 Å². The van der Waals surface area contributed by atoms with Gasteiger partial charge < -0.3 is 19.4 Å². The molecular weight excluding hydrogens is 380 g/mol. The van der Waals surface area contributed by atoms with Gasteiger partial charge >= 0.3 is 0 Å². The summed E-state index contributed by atoms with van der Waals surface area (Å²) < 4.78 is 10.8. The number of nitrogens with zero attached hydrogens (tertiary/aromatic N) is 3. The number of ether oxygens (including phenoxy) is 2. The Bertz CT molecular complexity index is 1040. The summed E-state index contributed by atoms with van der Waals surface area (Å²) in [6, 6.07) is 9.33. The van der Waals surface area contributed by atoms with E-state index in [-0.39, 0.29) is 12.7 Å². The zero-order valence-corrected chi connectivity index (χ0v) is 15.9. The molecule has 1 saturated heterocycles. The van der Waals surface area contributed by atoms with Crippen molar-refractivity contribution in [2.75, 3.05) is 33.0 Å². The molecule has 1 fully saturated rings. The van der Waals surface area contributed by atoms with Crippen LogP contribution in [0.25, 0.3) is 11.0 Å². The van der Waals surface area contributed by atoms with Gasteiger partial charge in [0.2, 0.25) is 6.79 Å². The van der Waals surface area contributed by atoms with Crippen molar-refractivity contribution in [3.8, 4) is 11.5 Å². The molecule has 0 spiro atoms. The molecule has 0 unspecified atom stereocenters. The monoisotopic (exact) mass is 398 g/mol. The van der Waals surface area contributed by atoms with Gasteiger partial charge in [0.15, 0.2) is 11.5 Å². The molecule has 1 amide bonds. The standard InChI is InChI=1S/C20H19ClN4O3/c21-15-9-19-18(27-12-28-19)8-14(15)10-24-3-5-25(6-4-24)20(26)13-1-2-16-17(7-13)23-11-22-16/h1-2,7-9,11H,3-6,10,12H2,(H,22,23). The zero-order valence-electron chi connectivity index (χ0n) is 15.2. The molecule has 28 heavy (non-hydrogen) atoms. The number of imidazole rings is 1. The van der Waals surface area contributed by atoms with Crippen LogP contribution in [0.1, 0.15) is 15.9 Å². The molecule has 144 valence electrons. The summed E-state index contributed by atoms with van der Waals surface area (Å²) in [7, 11) is 0. The van der Waals surface area contributed by atoms with Crippen LogP contribution < -0.4 is 9.47 Å². The van der Waals surface area contributed by atoms with Gasteiger partial charge in [0.25, 0.3) is 5.91 Å². The number of H-pyrrole nitrogens is 1. The van der Waals surface area contributed by atoms with E-state index >= 15 is 0 Å². The Hall–Kier alpha value is -2.77. The number of carbonyl (C=O) groups is 1. The van der Waals surface area contributed by atoms with E-state index in [2.05, 4.69) is 14.9 Å². The van der Waals surface area contributed by atoms with Crippen LogP contribution in [-0.4, -0.2) is 58.6 Å². The number of benzene rings is 2. The van der Waals surface area contributed by atoms with Crippen molar-refractivity contribution >= 4 is 28.5 Å². The molecule has 3 heterocycles. The van der Waals surface area contributed by atoms with Crippen molar-refractivity contribution in [1.29, 1.82) is 0 Å². The van der Waals surface area contributed by atoms with Gasteiger partial charge in [-0.05, 0) is 29.8 Å². The average molecular weight is 399 g/mol. The van der Waals surface area contributed by atoms with Gasteiger partial charge in [0.1, 0.15) is 0 Å². The molecule has 0 radical (unpaired) electrons. The number of hydrogen-bond donors (Lipinski definition) is 1. The SMILES string of the molecule is O=C(c1ccc2nc[nH]c2c1)N1CCN(Cc2cc3c(cc2Cl)OCO3)CC1. The first-order valence-electron chi connectivity index (χ1n) is 9.20. The van der Waals surface area contributed by atoms with Gasteiger partial charge in [0.05, 0.1) is 17.4 Å². The van der Waals surface area contributed by atoms with Gasteiger partial charge in [-0.25, -0.2) is 4.98 Å². The predicted octanol–water partition coefficient (Wildman–Crippen LogP) is 2.90. The van der Waals surface area contributed by atoms with E-state index in [1.807, 2.05) is 35.2 Å². The number of piperazine rings is 1. The fraction of sp³-hybridized carbons (Fsp3) is 0.300. The van der Waals surface area contributed by atoms with Gasteiger partial charge in [-0.1, -0.05) is 11.6 Å². The minimum absolute atomic E-state index is 0.0530. The molecule has 3 aromatic rings. The molecule has 2 aliphatic heterocycles. The number of carbonyl (C=O) groups excluding carboxylic acids is 1. The lowest BCUT2D eigenvalue weighted by molar-refractivity contribution is 0.0628. The average Bonchev–Trinajstić information content (AvgIpc) is 3.36. The highest BCUT2D eigenvalue weighted by Crippen LogP contribution is 2.37. The van der Waals surface area contributed by atoms with E-state index in [1.165, 1.54) is 0 Å². The fourth-order valence-corrected chi connectivity index (χ4v) is 3.90. The summed E-state index contributed by atoms with van der Waals surface area (Å²) >= 11 is 6.39. The Morgan fingerprint density at radius 1 is 1.11 bits per heavy atom. The van der Waals surface area contributed by atoms with E-state index in [0.29, 0.717) is 29.4 Å². The minimum atomic E-state index is 0.0530. The van der Waals surface area contributed by atoms with Crippen molar-refractivity contribution in [3.63, 3.8) is 0 Å². The Morgan fingerprint density at radius 3 is 2.71 bits per heavy atom. The molecule has 0 atom stereocenters. The maximum absolute atomic E-state index is 12.8. The van der Waals surface area contributed by atoms with Crippen LogP contribution in [0.5, 0.6) is 11.5 Å². The maximum Gasteiger partial charge on any atom is 0.254 e. The Morgan fingerprint density at radius 2 is 1.89 bits per heavy atom. The van der Waals surface area contributed by atoms with Crippen molar-refractivity contribution in [1.82, 2.24) is 19.8 Å². The third-order valence-corrected chi connectivity index (χ3v) is 5.61. The third kappa shape index (κ3) is 3.16. The first-order chi connectivity index (χ1) is 13.7. The van der Waals surface area contributed by atoms with Crippen molar-refractivity contribution in [3.05, 3.63) is 52.8 Å². The summed E-state index contributed by atoms with van der Waals surface area (Å²) in [6.45, 7) is 3.91. The molecule has 0 aliphatic carbocycles. The lowest BCUT2D eigenvalue weighted by Crippen LogP contribution is -2.48. The van der Waals surface area contributed by atoms with Crippen LogP contribution in [0.15, 0.2) is 36.7 Å². The largest absolute Gasteiger partial charge is 0.454 e. The summed E-state index contributed by atoms with van der Waals surface area (Å²) in [4.78, 5) is 24.3. The Kier molecular flexibility index (Phi) is 4.33. The number of halogens is 1. The Balaban J connectivity index is 1.23. The second-order valence-corrected chi connectivity index (χ2v) is 7.41. The summed E-state index contributed by atoms with van der Waals surface area (Å²) in [5, 5.41) is 0.676. The third-order valence-electron chi connectivity index (χ3n) is 5.26. The van der Waals surface area contributed by atoms with Crippen molar-refractivity contribution in [2.24, 2.45) is 0 Å². The molecular formula is C20H19ClN4O3. The first kappa shape index (κ1) is 17.3. The Labute approximate surface area is 166 Å². The number of amides is 1. The number of hydrogen-bond acceptors (Lipinski definition) is 5. The second kappa shape index (κ2) is 7.00. The maximum atomic E-state index is 12.8. The molecule has 0 bridgehead atoms. The molecule has 5 rings (SSSR count). The molecule has 2 aliphatic rings. The molecule has 1 N–H and O–H groups in total. The van der Waals surface area contributed by atoms with Crippen LogP contribution in [-0.2, 0) is 6.54 Å². The molecule has 7 nitrogen and oxygen atoms in total. The highest BCUT2D eigenvalue weighted by molar-refractivity contribution is 6.31. The zero-order chi connectivity index (χ0) is 19.1.